The van der Waals surface area contributed by atoms with E-state index < -0.39 is 39.2 Å². The lowest BCUT2D eigenvalue weighted by molar-refractivity contribution is 0.0964. The number of carbonyl (C=O) groups excluding carboxylic acids is 1. The summed E-state index contributed by atoms with van der Waals surface area (Å²) in [6, 6.07) is 18.1. The molecule has 11 nitrogen and oxygen atoms in total. The summed E-state index contributed by atoms with van der Waals surface area (Å²) in [4.78, 5) is 27.1. The number of methoxy groups -OCH3 is 1. The molecule has 0 spiro atoms. The molecule has 0 saturated heterocycles. The molecule has 1 amide bonds. The van der Waals surface area contributed by atoms with Gasteiger partial charge in [0, 0.05) is 36.7 Å². The van der Waals surface area contributed by atoms with Crippen LogP contribution in [0.2, 0.25) is 0 Å². The van der Waals surface area contributed by atoms with Crippen molar-refractivity contribution in [3.63, 3.8) is 0 Å². The zero-order valence-electron chi connectivity index (χ0n) is 25.2. The number of amides is 1. The Kier molecular flexibility index (Phi) is 8.30. The number of rotatable bonds is 9. The fourth-order valence-electron chi connectivity index (χ4n) is 5.40. The molecule has 1 atom stereocenters. The van der Waals surface area contributed by atoms with E-state index in [1.807, 2.05) is 0 Å². The van der Waals surface area contributed by atoms with Crippen molar-refractivity contribution in [2.24, 2.45) is 0 Å². The van der Waals surface area contributed by atoms with E-state index in [9.17, 15) is 26.8 Å². The van der Waals surface area contributed by atoms with Crippen molar-refractivity contribution in [3.05, 3.63) is 112 Å². The number of carbonyl (C=O) groups is 1. The normalized spacial score (nSPS) is 12.4. The van der Waals surface area contributed by atoms with Crippen LogP contribution in [-0.2, 0) is 14.8 Å². The Balaban J connectivity index is 1.58. The number of halogens is 2. The lowest BCUT2D eigenvalue weighted by Crippen LogP contribution is -2.31. The summed E-state index contributed by atoms with van der Waals surface area (Å²) in [5.41, 5.74) is 1.96. The number of aromatic nitrogens is 3. The first-order valence-electron chi connectivity index (χ1n) is 14.2. The van der Waals surface area contributed by atoms with Crippen LogP contribution >= 0.6 is 0 Å². The van der Waals surface area contributed by atoms with E-state index in [2.05, 4.69) is 20.4 Å². The minimum absolute atomic E-state index is 0.0453. The maximum atomic E-state index is 13.9. The fraction of sp³-hybridized carbons (Fsp3) is 0.152. The first kappa shape index (κ1) is 31.5. The Morgan fingerprint density at radius 2 is 1.62 bits per heavy atom. The van der Waals surface area contributed by atoms with Gasteiger partial charge in [0.25, 0.3) is 11.5 Å². The van der Waals surface area contributed by atoms with Crippen LogP contribution in [-0.4, -0.2) is 56.3 Å². The molecular formula is C33H27F2N5O6S. The third-order valence-corrected chi connectivity index (χ3v) is 8.14. The molecule has 4 aromatic carbocycles. The minimum atomic E-state index is -3.81. The van der Waals surface area contributed by atoms with E-state index in [1.165, 1.54) is 68.8 Å². The van der Waals surface area contributed by atoms with Crippen LogP contribution in [0.15, 0.2) is 88.1 Å². The summed E-state index contributed by atoms with van der Waals surface area (Å²) in [6.45, 7) is 0.0453. The molecule has 0 unspecified atom stereocenters. The summed E-state index contributed by atoms with van der Waals surface area (Å²) in [5.74, 6) is -1.24. The molecule has 0 aliphatic rings. The SMILES string of the molecule is CNC(=O)c1c(-c2ccc(F)cc2)oc2cc(NS(C)(=O)=O)c(-c3ccc4nnn([C@H](COC)c5ccc(F)cc5)c(=O)c4c3)cc12. The summed E-state index contributed by atoms with van der Waals surface area (Å²) in [6.07, 6.45) is 0.989. The predicted molar refractivity (Wildman–Crippen MR) is 173 cm³/mol. The van der Waals surface area contributed by atoms with Crippen LogP contribution < -0.4 is 15.6 Å². The molecule has 0 saturated carbocycles. The van der Waals surface area contributed by atoms with Crippen molar-refractivity contribution in [1.29, 1.82) is 0 Å². The van der Waals surface area contributed by atoms with Crippen molar-refractivity contribution >= 4 is 43.5 Å². The summed E-state index contributed by atoms with van der Waals surface area (Å²) < 4.78 is 67.3. The van der Waals surface area contributed by atoms with E-state index in [0.717, 1.165) is 10.9 Å². The number of hydrogen-bond donors (Lipinski definition) is 2. The van der Waals surface area contributed by atoms with Crippen molar-refractivity contribution < 1.29 is 31.1 Å². The number of furan rings is 1. The lowest BCUT2D eigenvalue weighted by atomic mass is 9.98. The van der Waals surface area contributed by atoms with Gasteiger partial charge < -0.3 is 14.5 Å². The van der Waals surface area contributed by atoms with E-state index >= 15 is 0 Å². The van der Waals surface area contributed by atoms with Gasteiger partial charge in [-0.15, -0.1) is 5.10 Å². The van der Waals surface area contributed by atoms with Crippen molar-refractivity contribution in [1.82, 2.24) is 20.3 Å². The highest BCUT2D eigenvalue weighted by atomic mass is 32.2. The van der Waals surface area contributed by atoms with Crippen LogP contribution in [0.4, 0.5) is 14.5 Å². The molecule has 2 N–H and O–H groups in total. The van der Waals surface area contributed by atoms with Gasteiger partial charge in [0.2, 0.25) is 10.0 Å². The summed E-state index contributed by atoms with van der Waals surface area (Å²) in [7, 11) is -0.892. The van der Waals surface area contributed by atoms with Gasteiger partial charge in [0.05, 0.1) is 29.5 Å². The number of nitrogens with one attached hydrogen (secondary N) is 2. The van der Waals surface area contributed by atoms with Crippen LogP contribution in [0.3, 0.4) is 0 Å². The molecule has 6 rings (SSSR count). The first-order valence-corrected chi connectivity index (χ1v) is 16.1. The minimum Gasteiger partial charge on any atom is -0.455 e. The standard InChI is InChI=1S/C33H27F2N5O6S/c1-36-32(41)30-25-15-23(27(38-47(3,43)44)16-29(25)46-31(30)19-6-11-22(35)12-7-19)20-8-13-26-24(14-20)33(42)40(39-37-26)28(17-45-2)18-4-9-21(34)10-5-18/h4-16,28,38H,17H2,1-3H3,(H,36,41)/t28-/m1/s1. The number of fused-ring (bicyclic) bond motifs is 2. The Hall–Kier alpha value is -5.47. The molecule has 240 valence electrons. The van der Waals surface area contributed by atoms with Gasteiger partial charge in [-0.1, -0.05) is 23.4 Å². The zero-order chi connectivity index (χ0) is 33.5. The van der Waals surface area contributed by atoms with E-state index in [1.54, 1.807) is 24.3 Å². The van der Waals surface area contributed by atoms with Crippen LogP contribution in [0, 0.1) is 11.6 Å². The van der Waals surface area contributed by atoms with Gasteiger partial charge in [-0.3, -0.25) is 14.3 Å². The van der Waals surface area contributed by atoms with Crippen molar-refractivity contribution in [2.45, 2.75) is 6.04 Å². The molecule has 0 aliphatic carbocycles. The monoisotopic (exact) mass is 659 g/mol. The second kappa shape index (κ2) is 12.4. The van der Waals surface area contributed by atoms with Crippen LogP contribution in [0.25, 0.3) is 44.3 Å². The highest BCUT2D eigenvalue weighted by Gasteiger charge is 2.25. The number of hydrogen-bond acceptors (Lipinski definition) is 8. The van der Waals surface area contributed by atoms with Gasteiger partial charge in [-0.25, -0.2) is 21.9 Å². The van der Waals surface area contributed by atoms with Gasteiger partial charge in [-0.2, -0.15) is 0 Å². The summed E-state index contributed by atoms with van der Waals surface area (Å²) >= 11 is 0. The van der Waals surface area contributed by atoms with Gasteiger partial charge in [0.1, 0.15) is 34.5 Å². The second-order valence-corrected chi connectivity index (χ2v) is 12.5. The van der Waals surface area contributed by atoms with Gasteiger partial charge in [-0.05, 0) is 65.7 Å². The smallest absolute Gasteiger partial charge is 0.278 e. The molecule has 0 aliphatic heterocycles. The van der Waals surface area contributed by atoms with Crippen LogP contribution in [0.1, 0.15) is 22.0 Å². The molecule has 0 radical (unpaired) electrons. The summed E-state index contributed by atoms with van der Waals surface area (Å²) in [5, 5.41) is 11.4. The highest BCUT2D eigenvalue weighted by molar-refractivity contribution is 7.92. The number of ether oxygens (including phenoxy) is 1. The molecule has 14 heteroatoms. The number of anilines is 1. The average molecular weight is 660 g/mol. The fourth-order valence-corrected chi connectivity index (χ4v) is 5.97. The van der Waals surface area contributed by atoms with E-state index in [0.29, 0.717) is 27.6 Å². The quantitative estimate of drug-likeness (QED) is 0.218. The molecule has 0 fully saturated rings. The third-order valence-electron chi connectivity index (χ3n) is 7.55. The molecule has 2 heterocycles. The maximum absolute atomic E-state index is 13.9. The Morgan fingerprint density at radius 3 is 2.26 bits per heavy atom. The number of benzene rings is 4. The molecule has 0 bridgehead atoms. The first-order chi connectivity index (χ1) is 22.5. The van der Waals surface area contributed by atoms with E-state index in [4.69, 9.17) is 9.15 Å². The Morgan fingerprint density at radius 1 is 0.957 bits per heavy atom. The Labute approximate surface area is 266 Å². The Bertz CT molecular complexity index is 2320. The average Bonchev–Trinajstić information content (AvgIpc) is 3.41. The topological polar surface area (TPSA) is 145 Å². The van der Waals surface area contributed by atoms with E-state index in [-0.39, 0.29) is 40.1 Å². The third kappa shape index (κ3) is 6.20. The van der Waals surface area contributed by atoms with Crippen molar-refractivity contribution in [3.8, 4) is 22.5 Å². The zero-order valence-corrected chi connectivity index (χ0v) is 26.1. The maximum Gasteiger partial charge on any atom is 0.278 e. The van der Waals surface area contributed by atoms with Gasteiger partial charge in [0.15, 0.2) is 0 Å². The molecular weight excluding hydrogens is 632 g/mol. The molecule has 47 heavy (non-hydrogen) atoms. The number of nitrogens with zero attached hydrogens (tertiary/aromatic N) is 3. The largest absolute Gasteiger partial charge is 0.455 e. The molecule has 2 aromatic heterocycles. The number of sulfonamides is 1. The van der Waals surface area contributed by atoms with Crippen LogP contribution in [0.5, 0.6) is 0 Å². The highest BCUT2D eigenvalue weighted by Crippen LogP contribution is 2.40. The van der Waals surface area contributed by atoms with Gasteiger partial charge >= 0.3 is 0 Å². The lowest BCUT2D eigenvalue weighted by Gasteiger charge is -2.18. The van der Waals surface area contributed by atoms with Crippen molar-refractivity contribution in [2.75, 3.05) is 31.7 Å². The second-order valence-electron chi connectivity index (χ2n) is 10.8. The molecule has 6 aromatic rings. The predicted octanol–water partition coefficient (Wildman–Crippen LogP) is 5.12.